The Balaban J connectivity index is 1.48. The fourth-order valence-electron chi connectivity index (χ4n) is 4.85. The van der Waals surface area contributed by atoms with E-state index >= 15 is 0 Å². The van der Waals surface area contributed by atoms with E-state index in [-0.39, 0.29) is 23.4 Å². The minimum atomic E-state index is -0.851. The molecule has 1 saturated carbocycles. The van der Waals surface area contributed by atoms with Gasteiger partial charge in [-0.1, -0.05) is 13.8 Å². The number of nitrogens with two attached hydrogens (primary N) is 1. The first-order valence-corrected chi connectivity index (χ1v) is 12.1. The lowest BCUT2D eigenvalue weighted by Gasteiger charge is -2.21. The molecule has 0 spiro atoms. The monoisotopic (exact) mass is 475 g/mol. The first-order valence-electron chi connectivity index (χ1n) is 12.1. The van der Waals surface area contributed by atoms with Gasteiger partial charge < -0.3 is 16.0 Å². The van der Waals surface area contributed by atoms with Crippen LogP contribution in [0.3, 0.4) is 0 Å². The summed E-state index contributed by atoms with van der Waals surface area (Å²) in [4.78, 5) is 31.8. The molecule has 2 atom stereocenters. The number of nitrogens with zero attached hydrogens (tertiary/aromatic N) is 7. The summed E-state index contributed by atoms with van der Waals surface area (Å²) in [6, 6.07) is 2.09. The van der Waals surface area contributed by atoms with Crippen molar-refractivity contribution < 1.29 is 9.59 Å². The Labute approximate surface area is 202 Å². The Morgan fingerprint density at radius 3 is 2.69 bits per heavy atom. The molecule has 182 valence electrons. The van der Waals surface area contributed by atoms with E-state index in [1.165, 1.54) is 6.20 Å². The summed E-state index contributed by atoms with van der Waals surface area (Å²) in [5, 5.41) is 21.7. The Morgan fingerprint density at radius 2 is 2.03 bits per heavy atom. The van der Waals surface area contributed by atoms with Crippen LogP contribution in [0.25, 0.3) is 16.9 Å². The molecule has 4 heterocycles. The highest BCUT2D eigenvalue weighted by molar-refractivity contribution is 6.01. The zero-order chi connectivity index (χ0) is 24.7. The molecule has 35 heavy (non-hydrogen) atoms. The topological polar surface area (TPSA) is 147 Å². The molecular weight excluding hydrogens is 446 g/mol. The molecule has 1 saturated heterocycles. The number of carbonyl (C=O) groups is 2. The van der Waals surface area contributed by atoms with Crippen LogP contribution in [0, 0.1) is 22.7 Å². The fourth-order valence-corrected chi connectivity index (χ4v) is 4.85. The third-order valence-corrected chi connectivity index (χ3v) is 7.10. The maximum Gasteiger partial charge on any atom is 0.252 e. The number of amides is 2. The van der Waals surface area contributed by atoms with Crippen LogP contribution in [0.4, 0.5) is 5.69 Å². The lowest BCUT2D eigenvalue weighted by atomic mass is 10.0. The van der Waals surface area contributed by atoms with E-state index in [4.69, 9.17) is 10.7 Å². The molecule has 1 aliphatic heterocycles. The van der Waals surface area contributed by atoms with E-state index in [9.17, 15) is 14.9 Å². The van der Waals surface area contributed by atoms with E-state index < -0.39 is 11.3 Å². The van der Waals surface area contributed by atoms with Crippen molar-refractivity contribution >= 4 is 23.1 Å². The van der Waals surface area contributed by atoms with Crippen molar-refractivity contribution in [3.05, 3.63) is 30.4 Å². The van der Waals surface area contributed by atoms with Gasteiger partial charge >= 0.3 is 0 Å². The van der Waals surface area contributed by atoms with Crippen molar-refractivity contribution in [3.63, 3.8) is 0 Å². The lowest BCUT2D eigenvalue weighted by molar-refractivity contribution is -0.134. The number of anilines is 1. The maximum atomic E-state index is 13.0. The second kappa shape index (κ2) is 8.69. The zero-order valence-electron chi connectivity index (χ0n) is 19.9. The van der Waals surface area contributed by atoms with E-state index in [1.807, 2.05) is 10.9 Å². The number of rotatable bonds is 8. The summed E-state index contributed by atoms with van der Waals surface area (Å²) in [6.07, 6.45) is 9.98. The van der Waals surface area contributed by atoms with Crippen LogP contribution >= 0.6 is 0 Å². The number of hydrogen-bond donors (Lipinski definition) is 2. The molecule has 0 radical (unpaired) electrons. The van der Waals surface area contributed by atoms with Gasteiger partial charge in [-0.3, -0.25) is 14.3 Å². The Kier molecular flexibility index (Phi) is 5.67. The predicted molar refractivity (Wildman–Crippen MR) is 128 cm³/mol. The van der Waals surface area contributed by atoms with E-state index in [0.29, 0.717) is 43.0 Å². The average Bonchev–Trinajstić information content (AvgIpc) is 3.15. The summed E-state index contributed by atoms with van der Waals surface area (Å²) in [7, 11) is 0. The summed E-state index contributed by atoms with van der Waals surface area (Å²) in [5.74, 6) is -0.544. The first-order chi connectivity index (χ1) is 16.9. The third kappa shape index (κ3) is 3.99. The van der Waals surface area contributed by atoms with Crippen LogP contribution in [0.2, 0.25) is 0 Å². The van der Waals surface area contributed by atoms with E-state index in [1.54, 1.807) is 21.8 Å². The molecule has 0 bridgehead atoms. The van der Waals surface area contributed by atoms with Gasteiger partial charge in [0.15, 0.2) is 5.65 Å². The van der Waals surface area contributed by atoms with Crippen molar-refractivity contribution in [2.75, 3.05) is 18.4 Å². The number of imidazole rings is 1. The third-order valence-electron chi connectivity index (χ3n) is 7.10. The minimum Gasteiger partial charge on any atom is -0.376 e. The quantitative estimate of drug-likeness (QED) is 0.507. The van der Waals surface area contributed by atoms with Crippen molar-refractivity contribution in [2.24, 2.45) is 17.1 Å². The predicted octanol–water partition coefficient (Wildman–Crippen LogP) is 2.05. The first kappa shape index (κ1) is 22.8. The van der Waals surface area contributed by atoms with Crippen molar-refractivity contribution in [2.45, 2.75) is 52.1 Å². The van der Waals surface area contributed by atoms with Crippen LogP contribution in [0.5, 0.6) is 0 Å². The van der Waals surface area contributed by atoms with E-state index in [0.717, 1.165) is 24.9 Å². The highest BCUT2D eigenvalue weighted by Gasteiger charge is 2.54. The van der Waals surface area contributed by atoms with Gasteiger partial charge in [-0.2, -0.15) is 15.5 Å². The molecule has 3 N–H and O–H groups in total. The number of aromatic nitrogens is 5. The summed E-state index contributed by atoms with van der Waals surface area (Å²) in [6.45, 7) is 5.99. The SMILES string of the molecule is CCCn1cc(-c2cn3ncc(C(N)=O)c(N[C@@H]4CN(C(=O)C5(C#N)CC5)C[C@H]4CC)c3n2)cn1. The fraction of sp³-hybridized carbons (Fsp3) is 0.500. The number of fused-ring (bicyclic) bond motifs is 1. The molecule has 2 fully saturated rings. The maximum absolute atomic E-state index is 13.0. The number of likely N-dealkylation sites (tertiary alicyclic amines) is 1. The number of nitrogens with one attached hydrogen (secondary N) is 1. The normalized spacial score (nSPS) is 20.7. The molecule has 2 aliphatic rings. The molecule has 11 heteroatoms. The van der Waals surface area contributed by atoms with Crippen LogP contribution in [-0.2, 0) is 11.3 Å². The van der Waals surface area contributed by atoms with Gasteiger partial charge in [0.1, 0.15) is 5.41 Å². The summed E-state index contributed by atoms with van der Waals surface area (Å²) >= 11 is 0. The number of carbonyl (C=O) groups excluding carboxylic acids is 2. The van der Waals surface area contributed by atoms with Gasteiger partial charge in [0.25, 0.3) is 5.91 Å². The largest absolute Gasteiger partial charge is 0.376 e. The molecule has 5 rings (SSSR count). The van der Waals surface area contributed by atoms with E-state index in [2.05, 4.69) is 35.4 Å². The highest BCUT2D eigenvalue weighted by Crippen LogP contribution is 2.47. The van der Waals surface area contributed by atoms with Crippen molar-refractivity contribution in [3.8, 4) is 17.3 Å². The second-order valence-corrected chi connectivity index (χ2v) is 9.51. The molecule has 0 unspecified atom stereocenters. The van der Waals surface area contributed by atoms with Gasteiger partial charge in [0.05, 0.1) is 41.6 Å². The van der Waals surface area contributed by atoms with Crippen LogP contribution < -0.4 is 11.1 Å². The molecule has 0 aromatic carbocycles. The molecule has 2 amide bonds. The Morgan fingerprint density at radius 1 is 1.23 bits per heavy atom. The molecule has 1 aliphatic carbocycles. The van der Waals surface area contributed by atoms with Crippen molar-refractivity contribution in [1.29, 1.82) is 5.26 Å². The number of aryl methyl sites for hydroxylation is 1. The Hall–Kier alpha value is -3.94. The molecule has 3 aromatic heterocycles. The number of primary amides is 1. The summed E-state index contributed by atoms with van der Waals surface area (Å²) < 4.78 is 3.49. The van der Waals surface area contributed by atoms with Gasteiger partial charge in [0.2, 0.25) is 5.91 Å². The average molecular weight is 476 g/mol. The standard InChI is InChI=1S/C24H29N9O2/c1-3-7-32-11-16(8-27-32)19-13-33-22(30-19)20(17(9-28-33)21(26)34)29-18-12-31(10-15(18)4-2)23(35)24(14-25)5-6-24/h8-9,11,13,15,18,29H,3-7,10,12H2,1-2H3,(H2,26,34)/t15-,18-/m1/s1. The summed E-state index contributed by atoms with van der Waals surface area (Å²) in [5.41, 5.74) is 7.60. The van der Waals surface area contributed by atoms with Gasteiger partial charge in [-0.15, -0.1) is 0 Å². The Bertz CT molecular complexity index is 1330. The zero-order valence-corrected chi connectivity index (χ0v) is 19.9. The lowest BCUT2D eigenvalue weighted by Crippen LogP contribution is -2.36. The minimum absolute atomic E-state index is 0.0926. The molecular formula is C24H29N9O2. The van der Waals surface area contributed by atoms with Gasteiger partial charge in [0, 0.05) is 37.4 Å². The smallest absolute Gasteiger partial charge is 0.252 e. The van der Waals surface area contributed by atoms with Crippen LogP contribution in [-0.4, -0.2) is 60.2 Å². The second-order valence-electron chi connectivity index (χ2n) is 9.51. The highest BCUT2D eigenvalue weighted by atomic mass is 16.2. The van der Waals surface area contributed by atoms with Crippen LogP contribution in [0.15, 0.2) is 24.8 Å². The van der Waals surface area contributed by atoms with Gasteiger partial charge in [-0.05, 0) is 31.6 Å². The van der Waals surface area contributed by atoms with Gasteiger partial charge in [-0.25, -0.2) is 9.50 Å². The van der Waals surface area contributed by atoms with Crippen LogP contribution in [0.1, 0.15) is 49.9 Å². The number of hydrogen-bond acceptors (Lipinski definition) is 7. The molecule has 11 nitrogen and oxygen atoms in total. The number of nitriles is 1. The molecule has 3 aromatic rings. The van der Waals surface area contributed by atoms with Crippen molar-refractivity contribution in [1.82, 2.24) is 29.3 Å².